The molecule has 0 aliphatic rings. The van der Waals surface area contributed by atoms with Crippen LogP contribution in [0, 0.1) is 5.41 Å². The van der Waals surface area contributed by atoms with Crippen molar-refractivity contribution in [2.24, 2.45) is 5.41 Å². The molecule has 1 N–H and O–H groups in total. The first kappa shape index (κ1) is 11.8. The number of rotatable bonds is 2. The van der Waals surface area contributed by atoms with Crippen molar-refractivity contribution in [3.63, 3.8) is 0 Å². The molecule has 0 aliphatic heterocycles. The summed E-state index contributed by atoms with van der Waals surface area (Å²) in [5.74, 6) is -0.0186. The van der Waals surface area contributed by atoms with Crippen LogP contribution in [0.25, 0.3) is 0 Å². The van der Waals surface area contributed by atoms with Crippen molar-refractivity contribution in [3.8, 4) is 0 Å². The Kier molecular flexibility index (Phi) is 3.50. The zero-order valence-corrected chi connectivity index (χ0v) is 9.37. The zero-order valence-electron chi connectivity index (χ0n) is 9.37. The molecule has 0 unspecified atom stereocenters. The van der Waals surface area contributed by atoms with Crippen molar-refractivity contribution < 1.29 is 4.79 Å². The van der Waals surface area contributed by atoms with Crippen LogP contribution in [-0.4, -0.2) is 18.7 Å². The summed E-state index contributed by atoms with van der Waals surface area (Å²) in [4.78, 5) is 15.5. The van der Waals surface area contributed by atoms with Gasteiger partial charge in [-0.1, -0.05) is 26.2 Å². The molecule has 0 bridgehead atoms. The van der Waals surface area contributed by atoms with Crippen molar-refractivity contribution in [1.29, 1.82) is 0 Å². The monoisotopic (exact) mass is 202 g/mol. The molecule has 4 heteroatoms. The SMILES string of the molecule is [B]c1cncc(NC(=O)CC(C)(C)C)c1. The van der Waals surface area contributed by atoms with E-state index in [0.29, 0.717) is 17.6 Å². The van der Waals surface area contributed by atoms with Gasteiger partial charge in [-0.25, -0.2) is 0 Å². The fourth-order valence-corrected chi connectivity index (χ4v) is 1.21. The lowest BCUT2D eigenvalue weighted by molar-refractivity contribution is -0.117. The number of anilines is 1. The van der Waals surface area contributed by atoms with Gasteiger partial charge in [0.2, 0.25) is 5.91 Å². The number of carbonyl (C=O) groups excluding carboxylic acids is 1. The highest BCUT2D eigenvalue weighted by molar-refractivity contribution is 6.32. The Morgan fingerprint density at radius 1 is 1.47 bits per heavy atom. The topological polar surface area (TPSA) is 42.0 Å². The number of amides is 1. The average Bonchev–Trinajstić information content (AvgIpc) is 1.99. The Bertz CT molecular complexity index is 358. The molecule has 0 saturated carbocycles. The molecule has 1 aromatic heterocycles. The van der Waals surface area contributed by atoms with E-state index in [9.17, 15) is 4.79 Å². The zero-order chi connectivity index (χ0) is 11.5. The van der Waals surface area contributed by atoms with Crippen molar-refractivity contribution in [2.45, 2.75) is 27.2 Å². The van der Waals surface area contributed by atoms with Crippen molar-refractivity contribution in [3.05, 3.63) is 18.5 Å². The van der Waals surface area contributed by atoms with Gasteiger partial charge in [-0.15, -0.1) is 0 Å². The minimum atomic E-state index is -0.0186. The van der Waals surface area contributed by atoms with Crippen LogP contribution in [0.1, 0.15) is 27.2 Å². The molecule has 0 aliphatic carbocycles. The van der Waals surface area contributed by atoms with Crippen molar-refractivity contribution in [2.75, 3.05) is 5.32 Å². The highest BCUT2D eigenvalue weighted by Gasteiger charge is 2.15. The van der Waals surface area contributed by atoms with Gasteiger partial charge in [0.25, 0.3) is 0 Å². The molecule has 2 radical (unpaired) electrons. The Labute approximate surface area is 91.7 Å². The van der Waals surface area contributed by atoms with Crippen LogP contribution in [0.2, 0.25) is 0 Å². The third-order valence-electron chi connectivity index (χ3n) is 1.73. The fraction of sp³-hybridized carbons (Fsp3) is 0.455. The maximum Gasteiger partial charge on any atom is 0.224 e. The summed E-state index contributed by atoms with van der Waals surface area (Å²) in [7, 11) is 5.55. The number of nitrogens with one attached hydrogen (secondary N) is 1. The Morgan fingerprint density at radius 2 is 2.13 bits per heavy atom. The largest absolute Gasteiger partial charge is 0.325 e. The van der Waals surface area contributed by atoms with Crippen molar-refractivity contribution in [1.82, 2.24) is 4.98 Å². The fourth-order valence-electron chi connectivity index (χ4n) is 1.21. The van der Waals surface area contributed by atoms with Crippen LogP contribution in [0.15, 0.2) is 18.5 Å². The summed E-state index contributed by atoms with van der Waals surface area (Å²) in [6, 6.07) is 1.69. The van der Waals surface area contributed by atoms with Gasteiger partial charge in [0.05, 0.1) is 11.9 Å². The van der Waals surface area contributed by atoms with E-state index in [4.69, 9.17) is 7.85 Å². The summed E-state index contributed by atoms with van der Waals surface area (Å²) in [5.41, 5.74) is 1.17. The Balaban J connectivity index is 2.59. The summed E-state index contributed by atoms with van der Waals surface area (Å²) in [6.07, 6.45) is 3.60. The summed E-state index contributed by atoms with van der Waals surface area (Å²) >= 11 is 0. The van der Waals surface area contributed by atoms with E-state index in [1.165, 1.54) is 0 Å². The molecule has 0 saturated heterocycles. The molecule has 1 heterocycles. The van der Waals surface area contributed by atoms with Crippen LogP contribution in [0.3, 0.4) is 0 Å². The molecule has 1 amide bonds. The van der Waals surface area contributed by atoms with Crippen LogP contribution in [0.5, 0.6) is 0 Å². The van der Waals surface area contributed by atoms with E-state index < -0.39 is 0 Å². The first-order valence-corrected chi connectivity index (χ1v) is 4.87. The molecular formula is C11H15BN2O. The third-order valence-corrected chi connectivity index (χ3v) is 1.73. The number of hydrogen-bond acceptors (Lipinski definition) is 2. The smallest absolute Gasteiger partial charge is 0.224 e. The summed E-state index contributed by atoms with van der Waals surface area (Å²) in [5, 5.41) is 2.76. The number of aromatic nitrogens is 1. The predicted molar refractivity (Wildman–Crippen MR) is 62.3 cm³/mol. The number of carbonyl (C=O) groups is 1. The van der Waals surface area contributed by atoms with Gasteiger partial charge < -0.3 is 5.32 Å². The highest BCUT2D eigenvalue weighted by Crippen LogP contribution is 2.19. The van der Waals surface area contributed by atoms with Crippen LogP contribution < -0.4 is 10.8 Å². The lowest BCUT2D eigenvalue weighted by atomic mass is 9.92. The third kappa shape index (κ3) is 4.63. The molecule has 0 atom stereocenters. The second kappa shape index (κ2) is 4.47. The molecule has 3 nitrogen and oxygen atoms in total. The van der Waals surface area contributed by atoms with Gasteiger partial charge >= 0.3 is 0 Å². The van der Waals surface area contributed by atoms with E-state index in [1.54, 1.807) is 18.5 Å². The molecule has 78 valence electrons. The highest BCUT2D eigenvalue weighted by atomic mass is 16.1. The van der Waals surface area contributed by atoms with Gasteiger partial charge in [-0.05, 0) is 11.5 Å². The number of hydrogen-bond donors (Lipinski definition) is 1. The minimum absolute atomic E-state index is 0.0160. The molecule has 0 aromatic carbocycles. The summed E-state index contributed by atoms with van der Waals surface area (Å²) < 4.78 is 0. The molecule has 0 fully saturated rings. The van der Waals surface area contributed by atoms with Crippen LogP contribution in [0.4, 0.5) is 5.69 Å². The number of pyridine rings is 1. The normalized spacial score (nSPS) is 11.1. The van der Waals surface area contributed by atoms with Gasteiger partial charge in [-0.2, -0.15) is 0 Å². The lowest BCUT2D eigenvalue weighted by Gasteiger charge is -2.17. The second-order valence-corrected chi connectivity index (χ2v) is 4.79. The first-order chi connectivity index (χ1) is 6.87. The Morgan fingerprint density at radius 3 is 2.67 bits per heavy atom. The van der Waals surface area contributed by atoms with E-state index in [0.717, 1.165) is 0 Å². The predicted octanol–water partition coefficient (Wildman–Crippen LogP) is 1.25. The number of nitrogens with zero attached hydrogens (tertiary/aromatic N) is 1. The minimum Gasteiger partial charge on any atom is -0.325 e. The molecule has 1 aromatic rings. The maximum atomic E-state index is 11.6. The van der Waals surface area contributed by atoms with Crippen LogP contribution >= 0.6 is 0 Å². The van der Waals surface area contributed by atoms with Gasteiger partial charge in [0.1, 0.15) is 7.85 Å². The molecule has 1 rings (SSSR count). The first-order valence-electron chi connectivity index (χ1n) is 4.87. The molecule has 0 spiro atoms. The standard InChI is InChI=1S/C11H15BN2O/c1-11(2,3)5-10(15)14-9-4-8(12)6-13-7-9/h4,6-7H,5H2,1-3H3,(H,14,15). The maximum absolute atomic E-state index is 11.6. The molecule has 15 heavy (non-hydrogen) atoms. The van der Waals surface area contributed by atoms with E-state index in [2.05, 4.69) is 10.3 Å². The van der Waals surface area contributed by atoms with Gasteiger partial charge in [0, 0.05) is 12.6 Å². The van der Waals surface area contributed by atoms with Gasteiger partial charge in [0.15, 0.2) is 0 Å². The van der Waals surface area contributed by atoms with Crippen LogP contribution in [-0.2, 0) is 4.79 Å². The lowest BCUT2D eigenvalue weighted by Crippen LogP contribution is -2.20. The van der Waals surface area contributed by atoms with E-state index in [-0.39, 0.29) is 11.3 Å². The van der Waals surface area contributed by atoms with Crippen molar-refractivity contribution >= 4 is 24.9 Å². The Hall–Kier alpha value is -1.32. The van der Waals surface area contributed by atoms with E-state index >= 15 is 0 Å². The van der Waals surface area contributed by atoms with Gasteiger partial charge in [-0.3, -0.25) is 9.78 Å². The summed E-state index contributed by atoms with van der Waals surface area (Å²) in [6.45, 7) is 6.05. The average molecular weight is 202 g/mol. The van der Waals surface area contributed by atoms with E-state index in [1.807, 2.05) is 20.8 Å². The molecular weight excluding hydrogens is 187 g/mol. The quantitative estimate of drug-likeness (QED) is 0.733. The second-order valence-electron chi connectivity index (χ2n) is 4.79.